The van der Waals surface area contributed by atoms with Crippen LogP contribution in [-0.2, 0) is 22.7 Å². The molecule has 0 heterocycles. The van der Waals surface area contributed by atoms with E-state index in [0.29, 0.717) is 0 Å². The minimum absolute atomic E-state index is 0.272. The predicted molar refractivity (Wildman–Crippen MR) is 65.3 cm³/mol. The minimum Gasteiger partial charge on any atom is -0.319 e. The van der Waals surface area contributed by atoms with Gasteiger partial charge >= 0.3 is 15.0 Å². The maximum absolute atomic E-state index is 12.2. The first-order valence-electron chi connectivity index (χ1n) is 5.35. The van der Waals surface area contributed by atoms with Crippen molar-refractivity contribution in [3.05, 3.63) is 0 Å². The topological polar surface area (TPSA) is 61.8 Å². The summed E-state index contributed by atoms with van der Waals surface area (Å²) in [6.07, 6.45) is -0.921. The van der Waals surface area contributed by atoms with Crippen LogP contribution in [0.15, 0.2) is 0 Å². The summed E-state index contributed by atoms with van der Waals surface area (Å²) >= 11 is 0. The first-order chi connectivity index (χ1) is 7.17. The Balaban J connectivity index is 4.78. The summed E-state index contributed by atoms with van der Waals surface area (Å²) in [6.45, 7) is 10.3. The minimum atomic E-state index is -3.65. The summed E-state index contributed by atoms with van der Waals surface area (Å²) in [6, 6.07) is 0. The molecule has 0 spiro atoms. The lowest BCUT2D eigenvalue weighted by Gasteiger charge is -2.22. The third-order valence-corrected chi connectivity index (χ3v) is 6.07. The molecule has 0 saturated carbocycles. The second kappa shape index (κ2) is 6.93. The zero-order valence-electron chi connectivity index (χ0n) is 10.7. The monoisotopic (exact) mass is 272 g/mol. The first kappa shape index (κ1) is 16.3. The van der Waals surface area contributed by atoms with Gasteiger partial charge in [0, 0.05) is 0 Å². The standard InChI is InChI=1S/C9H22O5P2/c1-7(2)12-15(10)16(11,13-8(3)4)14-9(5)6/h7-9,15H,1-6H3. The van der Waals surface area contributed by atoms with Crippen molar-refractivity contribution >= 4 is 15.0 Å². The second-order valence-electron chi connectivity index (χ2n) is 4.24. The van der Waals surface area contributed by atoms with Crippen molar-refractivity contribution in [2.45, 2.75) is 59.9 Å². The molecule has 0 rings (SSSR count). The molecule has 1 atom stereocenters. The maximum atomic E-state index is 12.2. The molecule has 1 unspecified atom stereocenters. The van der Waals surface area contributed by atoms with E-state index in [1.807, 2.05) is 0 Å². The van der Waals surface area contributed by atoms with Crippen LogP contribution in [0.2, 0.25) is 0 Å². The highest BCUT2D eigenvalue weighted by Crippen LogP contribution is 2.72. The quantitative estimate of drug-likeness (QED) is 0.659. The Labute approximate surface area is 98.1 Å². The smallest absolute Gasteiger partial charge is 0.319 e. The lowest BCUT2D eigenvalue weighted by atomic mass is 10.5. The molecule has 0 aromatic rings. The van der Waals surface area contributed by atoms with Gasteiger partial charge in [-0.25, -0.2) is 4.57 Å². The van der Waals surface area contributed by atoms with Gasteiger partial charge in [-0.2, -0.15) is 0 Å². The molecule has 0 aromatic carbocycles. The van der Waals surface area contributed by atoms with Crippen molar-refractivity contribution in [1.82, 2.24) is 0 Å². The van der Waals surface area contributed by atoms with E-state index in [0.717, 1.165) is 0 Å². The van der Waals surface area contributed by atoms with E-state index in [1.54, 1.807) is 41.5 Å². The molecule has 0 N–H and O–H groups in total. The molecule has 0 aliphatic heterocycles. The van der Waals surface area contributed by atoms with E-state index in [4.69, 9.17) is 13.6 Å². The molecule has 0 bridgehead atoms. The number of hydrogen-bond donors (Lipinski definition) is 0. The fourth-order valence-electron chi connectivity index (χ4n) is 0.932. The molecule has 16 heavy (non-hydrogen) atoms. The van der Waals surface area contributed by atoms with E-state index in [9.17, 15) is 9.13 Å². The lowest BCUT2D eigenvalue weighted by Crippen LogP contribution is -2.07. The van der Waals surface area contributed by atoms with E-state index >= 15 is 0 Å². The molecule has 0 fully saturated rings. The van der Waals surface area contributed by atoms with E-state index in [2.05, 4.69) is 0 Å². The third kappa shape index (κ3) is 6.17. The predicted octanol–water partition coefficient (Wildman–Crippen LogP) is 3.84. The van der Waals surface area contributed by atoms with Crippen molar-refractivity contribution in [1.29, 1.82) is 0 Å². The van der Waals surface area contributed by atoms with Crippen LogP contribution in [-0.4, -0.2) is 18.3 Å². The Morgan fingerprint density at radius 1 is 0.875 bits per heavy atom. The highest BCUT2D eigenvalue weighted by atomic mass is 32.1. The van der Waals surface area contributed by atoms with Crippen LogP contribution in [0.5, 0.6) is 0 Å². The summed E-state index contributed by atoms with van der Waals surface area (Å²) in [5, 5.41) is 0. The summed E-state index contributed by atoms with van der Waals surface area (Å²) < 4.78 is 39.4. The molecule has 0 saturated heterocycles. The van der Waals surface area contributed by atoms with Crippen molar-refractivity contribution in [2.24, 2.45) is 0 Å². The zero-order chi connectivity index (χ0) is 12.9. The van der Waals surface area contributed by atoms with Crippen LogP contribution < -0.4 is 0 Å². The molecule has 5 nitrogen and oxygen atoms in total. The fraction of sp³-hybridized carbons (Fsp3) is 1.00. The number of rotatable bonds is 7. The van der Waals surface area contributed by atoms with E-state index in [-0.39, 0.29) is 18.3 Å². The highest BCUT2D eigenvalue weighted by Gasteiger charge is 2.36. The largest absolute Gasteiger partial charge is 0.410 e. The zero-order valence-corrected chi connectivity index (χ0v) is 12.6. The van der Waals surface area contributed by atoms with E-state index < -0.39 is 15.0 Å². The molecule has 98 valence electrons. The van der Waals surface area contributed by atoms with Gasteiger partial charge < -0.3 is 4.52 Å². The summed E-state index contributed by atoms with van der Waals surface area (Å²) in [7, 11) is -6.51. The molecule has 7 heteroatoms. The van der Waals surface area contributed by atoms with Crippen molar-refractivity contribution in [3.63, 3.8) is 0 Å². The van der Waals surface area contributed by atoms with Gasteiger partial charge in [-0.1, -0.05) is 0 Å². The Hall–Kier alpha value is 0.340. The van der Waals surface area contributed by atoms with Gasteiger partial charge in [-0.05, 0) is 41.5 Å². The van der Waals surface area contributed by atoms with Gasteiger partial charge in [0.15, 0.2) is 0 Å². The number of hydrogen-bond acceptors (Lipinski definition) is 5. The fourth-order valence-corrected chi connectivity index (χ4v) is 5.60. The summed E-state index contributed by atoms with van der Waals surface area (Å²) in [4.78, 5) is 0. The van der Waals surface area contributed by atoms with Crippen molar-refractivity contribution in [3.8, 4) is 0 Å². The van der Waals surface area contributed by atoms with Crippen LogP contribution in [0.4, 0.5) is 0 Å². The van der Waals surface area contributed by atoms with Gasteiger partial charge in [-0.15, -0.1) is 0 Å². The van der Waals surface area contributed by atoms with Crippen LogP contribution in [0.3, 0.4) is 0 Å². The van der Waals surface area contributed by atoms with Crippen LogP contribution >= 0.6 is 15.0 Å². The van der Waals surface area contributed by atoms with Gasteiger partial charge in [0.1, 0.15) is 0 Å². The van der Waals surface area contributed by atoms with Gasteiger partial charge in [0.25, 0.3) is 0 Å². The van der Waals surface area contributed by atoms with Crippen LogP contribution in [0.25, 0.3) is 0 Å². The van der Waals surface area contributed by atoms with Crippen LogP contribution in [0, 0.1) is 0 Å². The molecular formula is C9H22O5P2. The van der Waals surface area contributed by atoms with Crippen LogP contribution in [0.1, 0.15) is 41.5 Å². The second-order valence-corrected chi connectivity index (χ2v) is 9.16. The average molecular weight is 272 g/mol. The van der Waals surface area contributed by atoms with Crippen molar-refractivity contribution in [2.75, 3.05) is 0 Å². The highest BCUT2D eigenvalue weighted by molar-refractivity contribution is 8.21. The third-order valence-electron chi connectivity index (χ3n) is 1.26. The average Bonchev–Trinajstić information content (AvgIpc) is 1.98. The molecule has 0 aliphatic rings. The molecule has 0 aromatic heterocycles. The van der Waals surface area contributed by atoms with Gasteiger partial charge in [0.2, 0.25) is 0 Å². The van der Waals surface area contributed by atoms with Crippen molar-refractivity contribution < 1.29 is 22.7 Å². The van der Waals surface area contributed by atoms with Gasteiger partial charge in [0.05, 0.1) is 18.3 Å². The summed E-state index contributed by atoms with van der Waals surface area (Å²) in [5.74, 6) is 0. The Morgan fingerprint density at radius 3 is 1.50 bits per heavy atom. The Morgan fingerprint density at radius 2 is 1.25 bits per heavy atom. The molecular weight excluding hydrogens is 250 g/mol. The Bertz CT molecular complexity index is 261. The SMILES string of the molecule is CC(C)O[PH](=O)P(=O)(OC(C)C)OC(C)C. The lowest BCUT2D eigenvalue weighted by molar-refractivity contribution is 0.148. The molecule has 0 amide bonds. The first-order valence-corrected chi connectivity index (χ1v) is 9.05. The van der Waals surface area contributed by atoms with Gasteiger partial charge in [-0.3, -0.25) is 13.6 Å². The maximum Gasteiger partial charge on any atom is 0.410 e. The molecule has 0 radical (unpaired) electrons. The van der Waals surface area contributed by atoms with E-state index in [1.165, 1.54) is 0 Å². The normalized spacial score (nSPS) is 15.1. The summed E-state index contributed by atoms with van der Waals surface area (Å²) in [5.41, 5.74) is 0. The Kier molecular flexibility index (Phi) is 7.07. The molecule has 0 aliphatic carbocycles.